The number of aryl methyl sites for hydroxylation is 1. The Labute approximate surface area is 192 Å². The normalized spacial score (nSPS) is 14.1. The first-order valence-electron chi connectivity index (χ1n) is 9.82. The van der Waals surface area contributed by atoms with Gasteiger partial charge in [0.25, 0.3) is 5.91 Å². The molecule has 0 saturated carbocycles. The molecule has 0 aliphatic heterocycles. The summed E-state index contributed by atoms with van der Waals surface area (Å²) in [5.41, 5.74) is 0.458. The lowest BCUT2D eigenvalue weighted by Crippen LogP contribution is -2.26. The van der Waals surface area contributed by atoms with Crippen LogP contribution in [-0.2, 0) is 4.84 Å². The molecule has 2 rings (SSSR count). The number of hydrogen-bond acceptors (Lipinski definition) is 5. The molecule has 0 aliphatic carbocycles. The Morgan fingerprint density at radius 3 is 2.56 bits per heavy atom. The summed E-state index contributed by atoms with van der Waals surface area (Å²) in [5, 5.41) is 15.2. The third kappa shape index (κ3) is 7.48. The van der Waals surface area contributed by atoms with E-state index in [4.69, 9.17) is 0 Å². The van der Waals surface area contributed by atoms with Crippen molar-refractivity contribution in [1.29, 1.82) is 0 Å². The molecule has 182 valence electrons. The number of alkyl halides is 3. The Hall–Kier alpha value is -3.60. The van der Waals surface area contributed by atoms with Gasteiger partial charge in [-0.2, -0.15) is 13.2 Å². The molecule has 6 nitrogen and oxygen atoms in total. The highest BCUT2D eigenvalue weighted by Crippen LogP contribution is 2.34. The molecule has 2 aromatic rings. The molecule has 0 bridgehead atoms. The number of aliphatic hydroxyl groups is 1. The molecule has 1 amide bonds. The lowest BCUT2D eigenvalue weighted by atomic mass is 9.98. The van der Waals surface area contributed by atoms with Crippen molar-refractivity contribution >= 4 is 12.1 Å². The summed E-state index contributed by atoms with van der Waals surface area (Å²) in [6.07, 6.45) is -5.11. The highest BCUT2D eigenvalue weighted by atomic mass is 19.4. The van der Waals surface area contributed by atoms with Crippen LogP contribution in [0, 0.1) is 6.92 Å². The van der Waals surface area contributed by atoms with Crippen LogP contribution in [0.3, 0.4) is 0 Å². The lowest BCUT2D eigenvalue weighted by molar-refractivity contribution is -0.206. The van der Waals surface area contributed by atoms with Gasteiger partial charge in [0.2, 0.25) is 0 Å². The molecule has 11 heteroatoms. The van der Waals surface area contributed by atoms with E-state index in [9.17, 15) is 31.9 Å². The van der Waals surface area contributed by atoms with Crippen LogP contribution < -0.4 is 5.32 Å². The number of aliphatic hydroxyl groups excluding tert-OH is 1. The van der Waals surface area contributed by atoms with Gasteiger partial charge in [-0.05, 0) is 54.8 Å². The molecule has 0 aliphatic rings. The number of amides is 1. The first-order valence-corrected chi connectivity index (χ1v) is 9.82. The van der Waals surface area contributed by atoms with E-state index < -0.39 is 35.4 Å². The molecule has 1 aromatic carbocycles. The van der Waals surface area contributed by atoms with Crippen molar-refractivity contribution in [2.75, 3.05) is 13.7 Å². The second-order valence-corrected chi connectivity index (χ2v) is 7.27. The molecule has 1 atom stereocenters. The van der Waals surface area contributed by atoms with Gasteiger partial charge in [-0.15, -0.1) is 0 Å². The molecule has 0 radical (unpaired) electrons. The maximum atomic E-state index is 14.1. The van der Waals surface area contributed by atoms with Gasteiger partial charge >= 0.3 is 6.18 Å². The summed E-state index contributed by atoms with van der Waals surface area (Å²) in [5.74, 6) is -2.85. The predicted molar refractivity (Wildman–Crippen MR) is 116 cm³/mol. The summed E-state index contributed by atoms with van der Waals surface area (Å²) in [6, 6.07) is 6.53. The third-order valence-electron chi connectivity index (χ3n) is 4.52. The number of aromatic nitrogens is 1. The highest BCUT2D eigenvalue weighted by molar-refractivity contribution is 5.95. The zero-order valence-electron chi connectivity index (χ0n) is 18.5. The largest absolute Gasteiger partial charge is 0.418 e. The fourth-order valence-corrected chi connectivity index (χ4v) is 2.70. The Morgan fingerprint density at radius 2 is 1.97 bits per heavy atom. The van der Waals surface area contributed by atoms with Gasteiger partial charge in [0.1, 0.15) is 25.0 Å². The average Bonchev–Trinajstić information content (AvgIpc) is 2.79. The van der Waals surface area contributed by atoms with Gasteiger partial charge in [0.05, 0.1) is 5.69 Å². The fraction of sp³-hybridized carbons (Fsp3) is 0.261. The van der Waals surface area contributed by atoms with E-state index in [0.717, 1.165) is 17.7 Å². The number of carbonyl (C=O) groups excluding carboxylic acids is 1. The Kier molecular flexibility index (Phi) is 9.02. The van der Waals surface area contributed by atoms with Crippen molar-refractivity contribution in [3.63, 3.8) is 0 Å². The second-order valence-electron chi connectivity index (χ2n) is 7.27. The van der Waals surface area contributed by atoms with Gasteiger partial charge in [0, 0.05) is 29.9 Å². The van der Waals surface area contributed by atoms with Crippen LogP contribution in [0.25, 0.3) is 11.3 Å². The van der Waals surface area contributed by atoms with Crippen LogP contribution in [0.2, 0.25) is 0 Å². The summed E-state index contributed by atoms with van der Waals surface area (Å²) < 4.78 is 66.9. The van der Waals surface area contributed by atoms with Crippen molar-refractivity contribution < 1.29 is 36.7 Å². The number of rotatable bonds is 8. The predicted octanol–water partition coefficient (Wildman–Crippen LogP) is 5.11. The molecular weight excluding hydrogens is 461 g/mol. The summed E-state index contributed by atoms with van der Waals surface area (Å²) in [7, 11) is 1.18. The number of nitrogens with zero attached hydrogens (tertiary/aromatic N) is 2. The van der Waals surface area contributed by atoms with Crippen LogP contribution >= 0.6 is 0 Å². The topological polar surface area (TPSA) is 83.8 Å². The monoisotopic (exact) mass is 483 g/mol. The minimum absolute atomic E-state index is 0.0544. The number of oxime groups is 1. The number of carbonyl (C=O) groups is 1. The van der Waals surface area contributed by atoms with E-state index in [0.29, 0.717) is 12.3 Å². The summed E-state index contributed by atoms with van der Waals surface area (Å²) in [4.78, 5) is 21.1. The fourth-order valence-electron chi connectivity index (χ4n) is 2.70. The quantitative estimate of drug-likeness (QED) is 0.237. The van der Waals surface area contributed by atoms with Crippen molar-refractivity contribution in [2.45, 2.75) is 26.1 Å². The van der Waals surface area contributed by atoms with E-state index in [2.05, 4.69) is 20.3 Å². The van der Waals surface area contributed by atoms with Crippen LogP contribution in [0.15, 0.2) is 65.0 Å². The van der Waals surface area contributed by atoms with Crippen LogP contribution in [-0.4, -0.2) is 42.0 Å². The van der Waals surface area contributed by atoms with E-state index in [1.165, 1.54) is 26.3 Å². The van der Waals surface area contributed by atoms with E-state index in [1.54, 1.807) is 19.1 Å². The number of allylic oxidation sites excluding steroid dienone is 3. The zero-order valence-corrected chi connectivity index (χ0v) is 18.5. The number of pyridine rings is 1. The standard InChI is InChI=1S/C23H22F5N3O3/c1-13-4-5-20(29-10-13)15-6-16(21(32)23(26,27)28)8-17(7-15)22(33)30-11-14(2)19(25)9-18(24)12-31-34-3/h4-10,12,21,32H,11H2,1-3H3,(H,30,33)/b18-9+,19-14-,31-12+. The number of hydrogen-bond donors (Lipinski definition) is 2. The van der Waals surface area contributed by atoms with Crippen molar-refractivity contribution in [3.8, 4) is 11.3 Å². The zero-order chi connectivity index (χ0) is 25.5. The van der Waals surface area contributed by atoms with Crippen LogP contribution in [0.4, 0.5) is 22.0 Å². The number of benzene rings is 1. The minimum atomic E-state index is -4.96. The summed E-state index contributed by atoms with van der Waals surface area (Å²) >= 11 is 0. The van der Waals surface area contributed by atoms with Crippen LogP contribution in [0.5, 0.6) is 0 Å². The number of halogens is 5. The SMILES string of the molecule is CO/N=C/C(F)=C\C(F)=C(/C)CNC(=O)c1cc(-c2ccc(C)cn2)cc(C(O)C(F)(F)F)c1. The average molecular weight is 483 g/mol. The van der Waals surface area contributed by atoms with Crippen molar-refractivity contribution in [1.82, 2.24) is 10.3 Å². The summed E-state index contributed by atoms with van der Waals surface area (Å²) in [6.45, 7) is 2.71. The lowest BCUT2D eigenvalue weighted by Gasteiger charge is -2.17. The van der Waals surface area contributed by atoms with Crippen molar-refractivity contribution in [3.05, 3.63) is 76.5 Å². The molecule has 0 saturated heterocycles. The Balaban J connectivity index is 2.34. The van der Waals surface area contributed by atoms with Gasteiger partial charge in [-0.25, -0.2) is 8.78 Å². The molecule has 0 fully saturated rings. The molecule has 1 unspecified atom stereocenters. The molecule has 2 N–H and O–H groups in total. The van der Waals surface area contributed by atoms with Gasteiger partial charge < -0.3 is 15.3 Å². The van der Waals surface area contributed by atoms with Crippen molar-refractivity contribution in [2.24, 2.45) is 5.16 Å². The van der Waals surface area contributed by atoms with Gasteiger partial charge in [-0.1, -0.05) is 11.2 Å². The molecule has 1 heterocycles. The minimum Gasteiger partial charge on any atom is -0.399 e. The smallest absolute Gasteiger partial charge is 0.399 e. The van der Waals surface area contributed by atoms with E-state index in [1.807, 2.05) is 0 Å². The Bertz CT molecular complexity index is 1110. The number of nitrogens with one attached hydrogen (secondary N) is 1. The molecular formula is C23H22F5N3O3. The van der Waals surface area contributed by atoms with E-state index >= 15 is 0 Å². The highest BCUT2D eigenvalue weighted by Gasteiger charge is 2.39. The first-order chi connectivity index (χ1) is 15.9. The van der Waals surface area contributed by atoms with Gasteiger partial charge in [0.15, 0.2) is 6.10 Å². The second kappa shape index (κ2) is 11.5. The third-order valence-corrected chi connectivity index (χ3v) is 4.52. The van der Waals surface area contributed by atoms with E-state index in [-0.39, 0.29) is 28.9 Å². The maximum absolute atomic E-state index is 14.1. The van der Waals surface area contributed by atoms with Gasteiger partial charge in [-0.3, -0.25) is 9.78 Å². The molecule has 0 spiro atoms. The first kappa shape index (κ1) is 26.7. The molecule has 1 aromatic heterocycles. The molecule has 34 heavy (non-hydrogen) atoms. The maximum Gasteiger partial charge on any atom is 0.418 e. The Morgan fingerprint density at radius 1 is 1.26 bits per heavy atom. The van der Waals surface area contributed by atoms with Crippen LogP contribution in [0.1, 0.15) is 34.5 Å².